The summed E-state index contributed by atoms with van der Waals surface area (Å²) in [6.45, 7) is -8.16. The Hall–Kier alpha value is -1.06. The van der Waals surface area contributed by atoms with E-state index in [0.29, 0.717) is 5.32 Å². The van der Waals surface area contributed by atoms with E-state index in [9.17, 15) is 61.5 Å². The molecule has 0 aromatic heterocycles. The molecule has 0 heterocycles. The van der Waals surface area contributed by atoms with E-state index in [0.717, 1.165) is 13.8 Å². The zero-order chi connectivity index (χ0) is 24.4. The predicted octanol–water partition coefficient (Wildman–Crippen LogP) is 5.34. The number of hydrogen-bond donors (Lipinski definition) is 1. The molecule has 0 aromatic rings. The van der Waals surface area contributed by atoms with E-state index in [1.807, 2.05) is 0 Å². The minimum atomic E-state index is -6.36. The summed E-state index contributed by atoms with van der Waals surface area (Å²) in [5.74, 6) is -24.5. The standard InChI is InChI=1S/C14H18F14N2/c1-3-8(2)30(14(27,28)12(23,24)10(19,20)7-16)5-4-29-13(25,26)11(21,22)9(17,18)6-15/h8,29H,3-7H2,1-2H3. The van der Waals surface area contributed by atoms with Gasteiger partial charge in [-0.3, -0.25) is 5.32 Å². The molecule has 0 radical (unpaired) electrons. The first kappa shape index (κ1) is 28.9. The van der Waals surface area contributed by atoms with Crippen LogP contribution in [0.5, 0.6) is 0 Å². The van der Waals surface area contributed by atoms with Crippen molar-refractivity contribution in [3.05, 3.63) is 0 Å². The fraction of sp³-hybridized carbons (Fsp3) is 1.00. The zero-order valence-electron chi connectivity index (χ0n) is 15.4. The van der Waals surface area contributed by atoms with Gasteiger partial charge in [0.15, 0.2) is 13.3 Å². The van der Waals surface area contributed by atoms with Crippen LogP contribution in [0, 0.1) is 0 Å². The Balaban J connectivity index is 5.70. The first-order chi connectivity index (χ1) is 13.2. The first-order valence-electron chi connectivity index (χ1n) is 8.10. The summed E-state index contributed by atoms with van der Waals surface area (Å²) in [6.07, 6.45) is -0.473. The molecular formula is C14H18F14N2. The van der Waals surface area contributed by atoms with Crippen LogP contribution in [0.4, 0.5) is 61.5 Å². The van der Waals surface area contributed by atoms with Gasteiger partial charge in [0.1, 0.15) is 0 Å². The van der Waals surface area contributed by atoms with Crippen LogP contribution in [-0.2, 0) is 0 Å². The summed E-state index contributed by atoms with van der Waals surface area (Å²) in [5.41, 5.74) is 0. The Morgan fingerprint density at radius 1 is 0.733 bits per heavy atom. The smallest absolute Gasteiger partial charge is 0.251 e. The van der Waals surface area contributed by atoms with Crippen molar-refractivity contribution in [1.29, 1.82) is 0 Å². The van der Waals surface area contributed by atoms with Gasteiger partial charge >= 0.3 is 35.8 Å². The van der Waals surface area contributed by atoms with E-state index < -0.39 is 79.6 Å². The molecule has 0 aliphatic carbocycles. The quantitative estimate of drug-likeness (QED) is 0.283. The maximum atomic E-state index is 14.1. The van der Waals surface area contributed by atoms with Crippen molar-refractivity contribution in [3.8, 4) is 0 Å². The third kappa shape index (κ3) is 5.05. The van der Waals surface area contributed by atoms with Crippen molar-refractivity contribution in [1.82, 2.24) is 10.2 Å². The lowest BCUT2D eigenvalue weighted by atomic mass is 10.1. The third-order valence-corrected chi connectivity index (χ3v) is 4.21. The van der Waals surface area contributed by atoms with Gasteiger partial charge in [0.2, 0.25) is 0 Å². The van der Waals surface area contributed by atoms with Gasteiger partial charge in [0.05, 0.1) is 0 Å². The summed E-state index contributed by atoms with van der Waals surface area (Å²) in [7, 11) is 0. The van der Waals surface area contributed by atoms with Crippen molar-refractivity contribution < 1.29 is 61.5 Å². The fourth-order valence-corrected chi connectivity index (χ4v) is 2.10. The monoisotopic (exact) mass is 480 g/mol. The van der Waals surface area contributed by atoms with Crippen LogP contribution in [0.2, 0.25) is 0 Å². The van der Waals surface area contributed by atoms with Crippen LogP contribution in [0.25, 0.3) is 0 Å². The molecule has 0 bridgehead atoms. The first-order valence-corrected chi connectivity index (χ1v) is 8.10. The molecule has 30 heavy (non-hydrogen) atoms. The predicted molar refractivity (Wildman–Crippen MR) is 76.1 cm³/mol. The lowest BCUT2D eigenvalue weighted by molar-refractivity contribution is -0.362. The summed E-state index contributed by atoms with van der Waals surface area (Å²) in [6, 6.07) is -13.5. The van der Waals surface area contributed by atoms with Crippen LogP contribution < -0.4 is 5.32 Å². The van der Waals surface area contributed by atoms with Crippen molar-refractivity contribution >= 4 is 0 Å². The van der Waals surface area contributed by atoms with Crippen LogP contribution in [0.3, 0.4) is 0 Å². The average molecular weight is 480 g/mol. The SMILES string of the molecule is CCC(C)N(CCNC(F)(F)C(F)(F)C(F)(F)CF)C(F)(F)C(F)(F)C(F)(F)CF. The van der Waals surface area contributed by atoms with Crippen molar-refractivity contribution in [2.75, 3.05) is 26.4 Å². The van der Waals surface area contributed by atoms with Crippen molar-refractivity contribution in [2.45, 2.75) is 62.1 Å². The highest BCUT2D eigenvalue weighted by atomic mass is 19.4. The van der Waals surface area contributed by atoms with E-state index in [2.05, 4.69) is 0 Å². The molecule has 16 heteroatoms. The van der Waals surface area contributed by atoms with Gasteiger partial charge in [0, 0.05) is 19.1 Å². The van der Waals surface area contributed by atoms with Gasteiger partial charge in [-0.05, 0) is 13.3 Å². The molecule has 1 unspecified atom stereocenters. The van der Waals surface area contributed by atoms with Crippen LogP contribution in [-0.4, -0.2) is 73.2 Å². The highest BCUT2D eigenvalue weighted by molar-refractivity contribution is 4.98. The number of nitrogens with zero attached hydrogens (tertiary/aromatic N) is 1. The van der Waals surface area contributed by atoms with E-state index in [1.54, 1.807) is 0 Å². The molecule has 1 atom stereocenters. The summed E-state index contributed by atoms with van der Waals surface area (Å²) >= 11 is 0. The van der Waals surface area contributed by atoms with Gasteiger partial charge in [-0.1, -0.05) is 6.92 Å². The minimum absolute atomic E-state index is 0.414. The molecular weight excluding hydrogens is 462 g/mol. The van der Waals surface area contributed by atoms with Crippen molar-refractivity contribution in [3.63, 3.8) is 0 Å². The topological polar surface area (TPSA) is 15.3 Å². The van der Waals surface area contributed by atoms with Gasteiger partial charge in [-0.25, -0.2) is 13.7 Å². The Labute approximate surface area is 161 Å². The second kappa shape index (κ2) is 9.20. The van der Waals surface area contributed by atoms with Crippen LogP contribution in [0.15, 0.2) is 0 Å². The molecule has 0 aromatic carbocycles. The fourth-order valence-electron chi connectivity index (χ4n) is 2.10. The molecule has 1 N–H and O–H groups in total. The normalized spacial score (nSPS) is 16.3. The van der Waals surface area contributed by atoms with Crippen LogP contribution in [0.1, 0.15) is 20.3 Å². The molecule has 0 fully saturated rings. The molecule has 0 amide bonds. The molecule has 0 saturated heterocycles. The van der Waals surface area contributed by atoms with Gasteiger partial charge in [-0.15, -0.1) is 0 Å². The van der Waals surface area contributed by atoms with Crippen molar-refractivity contribution in [2.24, 2.45) is 0 Å². The Kier molecular flexibility index (Phi) is 8.88. The number of alkyl halides is 14. The van der Waals surface area contributed by atoms with E-state index in [1.165, 1.54) is 0 Å². The number of nitrogens with one attached hydrogen (secondary N) is 1. The molecule has 182 valence electrons. The Bertz CT molecular complexity index is 551. The number of halogens is 14. The molecule has 0 aliphatic rings. The summed E-state index contributed by atoms with van der Waals surface area (Å²) in [4.78, 5) is -0.787. The Morgan fingerprint density at radius 2 is 1.13 bits per heavy atom. The molecule has 0 aliphatic heterocycles. The summed E-state index contributed by atoms with van der Waals surface area (Å²) < 4.78 is 184. The highest BCUT2D eigenvalue weighted by Crippen LogP contribution is 2.48. The lowest BCUT2D eigenvalue weighted by Crippen LogP contribution is -2.66. The maximum absolute atomic E-state index is 14.1. The third-order valence-electron chi connectivity index (χ3n) is 4.21. The van der Waals surface area contributed by atoms with Gasteiger partial charge in [-0.2, -0.15) is 52.7 Å². The van der Waals surface area contributed by atoms with E-state index >= 15 is 0 Å². The number of rotatable bonds is 13. The molecule has 0 spiro atoms. The van der Waals surface area contributed by atoms with Gasteiger partial charge < -0.3 is 0 Å². The highest BCUT2D eigenvalue weighted by Gasteiger charge is 2.74. The lowest BCUT2D eigenvalue weighted by Gasteiger charge is -2.41. The van der Waals surface area contributed by atoms with E-state index in [-0.39, 0.29) is 0 Å². The minimum Gasteiger partial charge on any atom is -0.251 e. The Morgan fingerprint density at radius 3 is 1.50 bits per heavy atom. The van der Waals surface area contributed by atoms with E-state index in [4.69, 9.17) is 0 Å². The second-order valence-corrected chi connectivity index (χ2v) is 6.32. The largest absolute Gasteiger partial charge is 0.389 e. The average Bonchev–Trinajstić information content (AvgIpc) is 2.63. The maximum Gasteiger partial charge on any atom is 0.389 e. The zero-order valence-corrected chi connectivity index (χ0v) is 15.4. The molecule has 0 rings (SSSR count). The molecule has 2 nitrogen and oxygen atoms in total. The van der Waals surface area contributed by atoms with Gasteiger partial charge in [0.25, 0.3) is 0 Å². The molecule has 0 saturated carbocycles. The summed E-state index contributed by atoms with van der Waals surface area (Å²) in [5, 5.41) is 0.414. The van der Waals surface area contributed by atoms with Crippen LogP contribution >= 0.6 is 0 Å². The number of hydrogen-bond acceptors (Lipinski definition) is 2. The second-order valence-electron chi connectivity index (χ2n) is 6.32.